The molecular weight excluding hydrogens is 332 g/mol. The lowest BCUT2D eigenvalue weighted by Crippen LogP contribution is -2.26. The zero-order chi connectivity index (χ0) is 17.6. The monoisotopic (exact) mass is 352 g/mol. The Balaban J connectivity index is 1.76. The van der Waals surface area contributed by atoms with Gasteiger partial charge in [0.05, 0.1) is 18.7 Å². The predicted molar refractivity (Wildman–Crippen MR) is 101 cm³/mol. The summed E-state index contributed by atoms with van der Waals surface area (Å²) in [5.41, 5.74) is 2.44. The van der Waals surface area contributed by atoms with E-state index in [2.05, 4.69) is 11.0 Å². The molecule has 0 aromatic heterocycles. The van der Waals surface area contributed by atoms with Crippen molar-refractivity contribution in [2.75, 3.05) is 20.2 Å². The van der Waals surface area contributed by atoms with Crippen molar-refractivity contribution in [1.29, 1.82) is 5.26 Å². The van der Waals surface area contributed by atoms with Crippen molar-refractivity contribution in [1.82, 2.24) is 4.90 Å². The summed E-state index contributed by atoms with van der Waals surface area (Å²) >= 11 is 5.60. The summed E-state index contributed by atoms with van der Waals surface area (Å²) in [6.45, 7) is 2.35. The SMILES string of the molecule is COc1cc(C(=S)N2CCCC2)ccc1OCc1ccccc1C#N. The van der Waals surface area contributed by atoms with Gasteiger partial charge in [-0.25, -0.2) is 0 Å². The quantitative estimate of drug-likeness (QED) is 0.763. The van der Waals surface area contributed by atoms with E-state index in [0.717, 1.165) is 29.2 Å². The van der Waals surface area contributed by atoms with Gasteiger partial charge in [-0.3, -0.25) is 0 Å². The first kappa shape index (κ1) is 17.2. The van der Waals surface area contributed by atoms with E-state index in [4.69, 9.17) is 27.0 Å². The minimum Gasteiger partial charge on any atom is -0.493 e. The van der Waals surface area contributed by atoms with Gasteiger partial charge in [0.1, 0.15) is 11.6 Å². The van der Waals surface area contributed by atoms with E-state index in [0.29, 0.717) is 23.7 Å². The molecule has 0 aliphatic carbocycles. The molecule has 0 saturated carbocycles. The third kappa shape index (κ3) is 3.92. The highest BCUT2D eigenvalue weighted by molar-refractivity contribution is 7.80. The van der Waals surface area contributed by atoms with Crippen molar-refractivity contribution in [2.24, 2.45) is 0 Å². The molecular formula is C20H20N2O2S. The molecule has 3 rings (SSSR count). The van der Waals surface area contributed by atoms with E-state index in [-0.39, 0.29) is 0 Å². The number of nitrogens with zero attached hydrogens (tertiary/aromatic N) is 2. The first-order chi connectivity index (χ1) is 12.2. The van der Waals surface area contributed by atoms with Crippen molar-refractivity contribution in [2.45, 2.75) is 19.4 Å². The van der Waals surface area contributed by atoms with Crippen LogP contribution in [-0.2, 0) is 6.61 Å². The van der Waals surface area contributed by atoms with Crippen LogP contribution in [0.4, 0.5) is 0 Å². The average Bonchev–Trinajstić information content (AvgIpc) is 3.20. The Morgan fingerprint density at radius 2 is 1.92 bits per heavy atom. The van der Waals surface area contributed by atoms with Crippen LogP contribution in [-0.4, -0.2) is 30.1 Å². The van der Waals surface area contributed by atoms with Gasteiger partial charge >= 0.3 is 0 Å². The first-order valence-electron chi connectivity index (χ1n) is 8.31. The highest BCUT2D eigenvalue weighted by atomic mass is 32.1. The molecule has 1 aliphatic heterocycles. The van der Waals surface area contributed by atoms with Crippen molar-refractivity contribution < 1.29 is 9.47 Å². The number of ether oxygens (including phenoxy) is 2. The van der Waals surface area contributed by atoms with Gasteiger partial charge in [0.25, 0.3) is 0 Å². The molecule has 2 aromatic carbocycles. The van der Waals surface area contributed by atoms with Crippen LogP contribution in [0, 0.1) is 11.3 Å². The van der Waals surface area contributed by atoms with Gasteiger partial charge in [-0.1, -0.05) is 30.4 Å². The minimum atomic E-state index is 0.315. The van der Waals surface area contributed by atoms with E-state index in [1.165, 1.54) is 12.8 Å². The Hall–Kier alpha value is -2.58. The molecule has 0 N–H and O–H groups in total. The van der Waals surface area contributed by atoms with Gasteiger partial charge in [-0.15, -0.1) is 0 Å². The van der Waals surface area contributed by atoms with E-state index >= 15 is 0 Å². The molecule has 128 valence electrons. The molecule has 0 bridgehead atoms. The number of rotatable bonds is 5. The van der Waals surface area contributed by atoms with E-state index < -0.39 is 0 Å². The van der Waals surface area contributed by atoms with Crippen LogP contribution >= 0.6 is 12.2 Å². The molecule has 0 amide bonds. The number of nitriles is 1. The zero-order valence-electron chi connectivity index (χ0n) is 14.2. The Bertz CT molecular complexity index is 808. The lowest BCUT2D eigenvalue weighted by molar-refractivity contribution is 0.284. The zero-order valence-corrected chi connectivity index (χ0v) is 15.0. The maximum absolute atomic E-state index is 9.17. The second-order valence-electron chi connectivity index (χ2n) is 5.92. The van der Waals surface area contributed by atoms with Gasteiger partial charge in [0.2, 0.25) is 0 Å². The van der Waals surface area contributed by atoms with Crippen molar-refractivity contribution in [3.8, 4) is 17.6 Å². The van der Waals surface area contributed by atoms with Crippen LogP contribution in [0.3, 0.4) is 0 Å². The Morgan fingerprint density at radius 1 is 1.16 bits per heavy atom. The Morgan fingerprint density at radius 3 is 2.64 bits per heavy atom. The summed E-state index contributed by atoms with van der Waals surface area (Å²) < 4.78 is 11.4. The van der Waals surface area contributed by atoms with Gasteiger partial charge in [-0.05, 0) is 37.1 Å². The van der Waals surface area contributed by atoms with Crippen LogP contribution in [0.1, 0.15) is 29.5 Å². The summed E-state index contributed by atoms with van der Waals surface area (Å²) in [6, 6.07) is 15.4. The summed E-state index contributed by atoms with van der Waals surface area (Å²) in [6.07, 6.45) is 2.38. The first-order valence-corrected chi connectivity index (χ1v) is 8.72. The molecule has 1 aliphatic rings. The lowest BCUT2D eigenvalue weighted by Gasteiger charge is -2.20. The number of thiocarbonyl (C=S) groups is 1. The van der Waals surface area contributed by atoms with Crippen molar-refractivity contribution in [3.63, 3.8) is 0 Å². The van der Waals surface area contributed by atoms with Gasteiger partial charge in [-0.2, -0.15) is 5.26 Å². The second kappa shape index (κ2) is 8.00. The summed E-state index contributed by atoms with van der Waals surface area (Å²) in [5.74, 6) is 1.29. The van der Waals surface area contributed by atoms with E-state index in [1.54, 1.807) is 13.2 Å². The average molecular weight is 352 g/mol. The number of methoxy groups -OCH3 is 1. The normalized spacial score (nSPS) is 13.4. The third-order valence-electron chi connectivity index (χ3n) is 4.32. The van der Waals surface area contributed by atoms with Gasteiger partial charge in [0, 0.05) is 24.2 Å². The number of benzene rings is 2. The molecule has 0 spiro atoms. The maximum Gasteiger partial charge on any atom is 0.161 e. The molecule has 25 heavy (non-hydrogen) atoms. The third-order valence-corrected chi connectivity index (χ3v) is 4.82. The number of hydrogen-bond acceptors (Lipinski definition) is 4. The molecule has 1 saturated heterocycles. The maximum atomic E-state index is 9.17. The molecule has 0 atom stereocenters. The Labute approximate surface area is 153 Å². The molecule has 5 heteroatoms. The smallest absolute Gasteiger partial charge is 0.161 e. The van der Waals surface area contributed by atoms with Crippen LogP contribution in [0.25, 0.3) is 0 Å². The highest BCUT2D eigenvalue weighted by Gasteiger charge is 2.17. The predicted octanol–water partition coefficient (Wildman–Crippen LogP) is 3.92. The van der Waals surface area contributed by atoms with E-state index in [1.807, 2.05) is 36.4 Å². The molecule has 1 fully saturated rings. The topological polar surface area (TPSA) is 45.5 Å². The standard InChI is InChI=1S/C20H20N2O2S/c1-23-19-12-15(20(25)22-10-4-5-11-22)8-9-18(19)24-14-17-7-3-2-6-16(17)13-21/h2-3,6-9,12H,4-5,10-11,14H2,1H3. The summed E-state index contributed by atoms with van der Waals surface area (Å²) in [7, 11) is 1.62. The van der Waals surface area contributed by atoms with Crippen LogP contribution in [0.15, 0.2) is 42.5 Å². The van der Waals surface area contributed by atoms with Gasteiger partial charge in [0.15, 0.2) is 11.5 Å². The molecule has 1 heterocycles. The lowest BCUT2D eigenvalue weighted by atomic mass is 10.1. The van der Waals surface area contributed by atoms with Gasteiger partial charge < -0.3 is 14.4 Å². The molecule has 4 nitrogen and oxygen atoms in total. The largest absolute Gasteiger partial charge is 0.493 e. The minimum absolute atomic E-state index is 0.315. The highest BCUT2D eigenvalue weighted by Crippen LogP contribution is 2.30. The molecule has 0 unspecified atom stereocenters. The summed E-state index contributed by atoms with van der Waals surface area (Å²) in [5, 5.41) is 9.17. The molecule has 2 aromatic rings. The number of likely N-dealkylation sites (tertiary alicyclic amines) is 1. The number of hydrogen-bond donors (Lipinski definition) is 0. The molecule has 0 radical (unpaired) electrons. The second-order valence-corrected chi connectivity index (χ2v) is 6.31. The Kier molecular flexibility index (Phi) is 5.52. The fourth-order valence-corrected chi connectivity index (χ4v) is 3.24. The van der Waals surface area contributed by atoms with Crippen molar-refractivity contribution in [3.05, 3.63) is 59.2 Å². The fourth-order valence-electron chi connectivity index (χ4n) is 2.93. The van der Waals surface area contributed by atoms with Crippen molar-refractivity contribution >= 4 is 17.2 Å². The fraction of sp³-hybridized carbons (Fsp3) is 0.300. The van der Waals surface area contributed by atoms with Crippen LogP contribution in [0.5, 0.6) is 11.5 Å². The van der Waals surface area contributed by atoms with Crippen LogP contribution < -0.4 is 9.47 Å². The van der Waals surface area contributed by atoms with Crippen LogP contribution in [0.2, 0.25) is 0 Å². The summed E-state index contributed by atoms with van der Waals surface area (Å²) in [4.78, 5) is 3.09. The van der Waals surface area contributed by atoms with E-state index in [9.17, 15) is 0 Å².